The molecule has 0 saturated heterocycles. The Kier molecular flexibility index (Phi) is 7.15. The molecule has 0 aromatic heterocycles. The second-order valence-corrected chi connectivity index (χ2v) is 4.71. The van der Waals surface area contributed by atoms with Crippen molar-refractivity contribution >= 4 is 11.6 Å². The molecule has 0 spiro atoms. The van der Waals surface area contributed by atoms with E-state index in [4.69, 9.17) is 10.5 Å². The molecule has 1 aromatic carbocycles. The fourth-order valence-corrected chi connectivity index (χ4v) is 1.78. The third-order valence-electron chi connectivity index (χ3n) is 2.82. The Morgan fingerprint density at radius 2 is 2.16 bits per heavy atom. The predicted molar refractivity (Wildman–Crippen MR) is 77.9 cm³/mol. The second-order valence-electron chi connectivity index (χ2n) is 4.71. The van der Waals surface area contributed by atoms with Gasteiger partial charge in [-0.25, -0.2) is 0 Å². The molecule has 0 aliphatic rings. The molecule has 4 nitrogen and oxygen atoms in total. The maximum Gasteiger partial charge on any atom is 0.224 e. The van der Waals surface area contributed by atoms with Crippen molar-refractivity contribution in [3.63, 3.8) is 0 Å². The molecule has 1 rings (SSSR count). The van der Waals surface area contributed by atoms with Crippen molar-refractivity contribution in [2.24, 2.45) is 5.73 Å². The van der Waals surface area contributed by atoms with E-state index >= 15 is 0 Å². The molecule has 0 radical (unpaired) electrons. The first-order valence-corrected chi connectivity index (χ1v) is 6.84. The van der Waals surface area contributed by atoms with E-state index in [1.54, 1.807) is 0 Å². The lowest BCUT2D eigenvalue weighted by molar-refractivity contribution is -0.116. The van der Waals surface area contributed by atoms with Crippen LogP contribution in [-0.2, 0) is 16.1 Å². The summed E-state index contributed by atoms with van der Waals surface area (Å²) in [5.74, 6) is 0.0320. The van der Waals surface area contributed by atoms with Gasteiger partial charge in [-0.1, -0.05) is 18.2 Å². The summed E-state index contributed by atoms with van der Waals surface area (Å²) in [5.41, 5.74) is 7.50. The molecular formula is C15H24N2O2. The summed E-state index contributed by atoms with van der Waals surface area (Å²) >= 11 is 0. The summed E-state index contributed by atoms with van der Waals surface area (Å²) in [4.78, 5) is 11.8. The first kappa shape index (κ1) is 15.7. The van der Waals surface area contributed by atoms with Crippen molar-refractivity contribution in [1.29, 1.82) is 0 Å². The highest BCUT2D eigenvalue weighted by Crippen LogP contribution is 2.16. The van der Waals surface area contributed by atoms with Gasteiger partial charge in [0.1, 0.15) is 0 Å². The first-order chi connectivity index (χ1) is 9.13. The lowest BCUT2D eigenvalue weighted by Gasteiger charge is -2.11. The van der Waals surface area contributed by atoms with Gasteiger partial charge in [0.05, 0.1) is 6.61 Å². The second kappa shape index (κ2) is 8.67. The monoisotopic (exact) mass is 264 g/mol. The lowest BCUT2D eigenvalue weighted by Crippen LogP contribution is -2.17. The van der Waals surface area contributed by atoms with E-state index in [1.807, 2.05) is 38.1 Å². The topological polar surface area (TPSA) is 64.3 Å². The molecule has 3 N–H and O–H groups in total. The lowest BCUT2D eigenvalue weighted by atomic mass is 10.1. The van der Waals surface area contributed by atoms with Gasteiger partial charge >= 0.3 is 0 Å². The van der Waals surface area contributed by atoms with Crippen LogP contribution in [-0.4, -0.2) is 18.6 Å². The van der Waals surface area contributed by atoms with Gasteiger partial charge in [-0.3, -0.25) is 4.79 Å². The minimum absolute atomic E-state index is 0.0320. The van der Waals surface area contributed by atoms with Crippen molar-refractivity contribution in [3.05, 3.63) is 29.8 Å². The Bertz CT molecular complexity index is 391. The molecule has 1 unspecified atom stereocenters. The zero-order valence-electron chi connectivity index (χ0n) is 11.8. The summed E-state index contributed by atoms with van der Waals surface area (Å²) in [6.45, 7) is 5.09. The number of rotatable bonds is 8. The van der Waals surface area contributed by atoms with E-state index < -0.39 is 0 Å². The highest BCUT2D eigenvalue weighted by atomic mass is 16.5. The Hall–Kier alpha value is -1.39. The quantitative estimate of drug-likeness (QED) is 0.758. The van der Waals surface area contributed by atoms with Crippen molar-refractivity contribution < 1.29 is 9.53 Å². The number of hydrogen-bond acceptors (Lipinski definition) is 3. The van der Waals surface area contributed by atoms with Gasteiger partial charge in [0.25, 0.3) is 0 Å². The number of benzene rings is 1. The van der Waals surface area contributed by atoms with E-state index in [0.717, 1.165) is 24.1 Å². The standard InChI is InChI=1S/C15H24N2O2/c1-3-19-11-13-8-4-5-9-14(13)17-15(18)10-6-7-12(2)16/h4-5,8-9,12H,3,6-7,10-11,16H2,1-2H3,(H,17,18). The highest BCUT2D eigenvalue weighted by Gasteiger charge is 2.07. The van der Waals surface area contributed by atoms with E-state index in [9.17, 15) is 4.79 Å². The number of amides is 1. The van der Waals surface area contributed by atoms with Crippen molar-refractivity contribution in [2.75, 3.05) is 11.9 Å². The number of carbonyl (C=O) groups is 1. The molecule has 106 valence electrons. The summed E-state index contributed by atoms with van der Waals surface area (Å²) in [5, 5.41) is 2.93. The summed E-state index contributed by atoms with van der Waals surface area (Å²) in [7, 11) is 0. The van der Waals surface area contributed by atoms with Crippen LogP contribution in [0.4, 0.5) is 5.69 Å². The van der Waals surface area contributed by atoms with Crippen LogP contribution in [0.5, 0.6) is 0 Å². The third-order valence-corrected chi connectivity index (χ3v) is 2.82. The fourth-order valence-electron chi connectivity index (χ4n) is 1.78. The minimum Gasteiger partial charge on any atom is -0.377 e. The molecule has 0 fully saturated rings. The van der Waals surface area contributed by atoms with Crippen LogP contribution < -0.4 is 11.1 Å². The molecule has 0 heterocycles. The number of hydrogen-bond donors (Lipinski definition) is 2. The largest absolute Gasteiger partial charge is 0.377 e. The Morgan fingerprint density at radius 3 is 2.84 bits per heavy atom. The summed E-state index contributed by atoms with van der Waals surface area (Å²) < 4.78 is 5.39. The van der Waals surface area contributed by atoms with Gasteiger partial charge in [0.15, 0.2) is 0 Å². The molecule has 1 atom stereocenters. The molecule has 4 heteroatoms. The van der Waals surface area contributed by atoms with E-state index in [1.165, 1.54) is 0 Å². The highest BCUT2D eigenvalue weighted by molar-refractivity contribution is 5.91. The summed E-state index contributed by atoms with van der Waals surface area (Å²) in [6.07, 6.45) is 2.19. The van der Waals surface area contributed by atoms with Gasteiger partial charge in [-0.15, -0.1) is 0 Å². The zero-order valence-corrected chi connectivity index (χ0v) is 11.8. The molecule has 1 amide bonds. The van der Waals surface area contributed by atoms with Crippen LogP contribution >= 0.6 is 0 Å². The average Bonchev–Trinajstić information content (AvgIpc) is 2.37. The number of anilines is 1. The number of nitrogens with two attached hydrogens (primary N) is 1. The normalized spacial score (nSPS) is 12.2. The van der Waals surface area contributed by atoms with Crippen molar-refractivity contribution in [2.45, 2.75) is 45.8 Å². The SMILES string of the molecule is CCOCc1ccccc1NC(=O)CCCC(C)N. The number of ether oxygens (including phenoxy) is 1. The number of nitrogens with one attached hydrogen (secondary N) is 1. The van der Waals surface area contributed by atoms with Gasteiger partial charge in [-0.2, -0.15) is 0 Å². The predicted octanol–water partition coefficient (Wildman–Crippen LogP) is 2.68. The smallest absolute Gasteiger partial charge is 0.224 e. The number of para-hydroxylation sites is 1. The molecule has 0 aliphatic carbocycles. The molecule has 19 heavy (non-hydrogen) atoms. The van der Waals surface area contributed by atoms with Gasteiger partial charge in [-0.05, 0) is 32.8 Å². The van der Waals surface area contributed by atoms with Gasteiger partial charge < -0.3 is 15.8 Å². The fraction of sp³-hybridized carbons (Fsp3) is 0.533. The molecular weight excluding hydrogens is 240 g/mol. The Labute approximate surface area is 115 Å². The molecule has 0 saturated carbocycles. The van der Waals surface area contributed by atoms with Crippen LogP contribution in [0.1, 0.15) is 38.7 Å². The average molecular weight is 264 g/mol. The van der Waals surface area contributed by atoms with Crippen LogP contribution in [0.15, 0.2) is 24.3 Å². The summed E-state index contributed by atoms with van der Waals surface area (Å²) in [6, 6.07) is 7.87. The van der Waals surface area contributed by atoms with Gasteiger partial charge in [0.2, 0.25) is 5.91 Å². The van der Waals surface area contributed by atoms with Gasteiger partial charge in [0, 0.05) is 30.3 Å². The van der Waals surface area contributed by atoms with Crippen LogP contribution in [0.25, 0.3) is 0 Å². The van der Waals surface area contributed by atoms with Crippen LogP contribution in [0, 0.1) is 0 Å². The molecule has 0 aliphatic heterocycles. The molecule has 0 bridgehead atoms. The first-order valence-electron chi connectivity index (χ1n) is 6.84. The van der Waals surface area contributed by atoms with E-state index in [0.29, 0.717) is 19.6 Å². The zero-order chi connectivity index (χ0) is 14.1. The van der Waals surface area contributed by atoms with E-state index in [-0.39, 0.29) is 11.9 Å². The third kappa shape index (κ3) is 6.36. The van der Waals surface area contributed by atoms with Crippen LogP contribution in [0.2, 0.25) is 0 Å². The molecule has 1 aromatic rings. The Morgan fingerprint density at radius 1 is 1.42 bits per heavy atom. The maximum absolute atomic E-state index is 11.8. The van der Waals surface area contributed by atoms with Crippen molar-refractivity contribution in [3.8, 4) is 0 Å². The Balaban J connectivity index is 2.48. The minimum atomic E-state index is 0.0320. The van der Waals surface area contributed by atoms with Crippen LogP contribution in [0.3, 0.4) is 0 Å². The van der Waals surface area contributed by atoms with Crippen molar-refractivity contribution in [1.82, 2.24) is 0 Å². The number of carbonyl (C=O) groups excluding carboxylic acids is 1. The maximum atomic E-state index is 11.8. The van der Waals surface area contributed by atoms with E-state index in [2.05, 4.69) is 5.32 Å².